The molecule has 0 fully saturated rings. The number of oxazole rings is 1. The SMILES string of the molecule is COc1ccc2oc(CNC(=O)C(C)NS(C)(=O)=O)nc2c1. The molecule has 2 rings (SSSR count). The molecule has 1 aromatic heterocycles. The van der Waals surface area contributed by atoms with Crippen molar-refractivity contribution in [3.05, 3.63) is 24.1 Å². The van der Waals surface area contributed by atoms with Crippen LogP contribution in [0.3, 0.4) is 0 Å². The van der Waals surface area contributed by atoms with Crippen LogP contribution in [0.2, 0.25) is 0 Å². The quantitative estimate of drug-likeness (QED) is 0.794. The molecule has 0 spiro atoms. The largest absolute Gasteiger partial charge is 0.497 e. The van der Waals surface area contributed by atoms with Crippen LogP contribution >= 0.6 is 0 Å². The number of methoxy groups -OCH3 is 1. The summed E-state index contributed by atoms with van der Waals surface area (Å²) in [6, 6.07) is 4.31. The molecule has 1 heterocycles. The van der Waals surface area contributed by atoms with E-state index in [2.05, 4.69) is 15.0 Å². The molecule has 120 valence electrons. The number of hydrogen-bond acceptors (Lipinski definition) is 6. The molecule has 1 atom stereocenters. The molecular weight excluding hydrogens is 310 g/mol. The van der Waals surface area contributed by atoms with Crippen molar-refractivity contribution in [2.45, 2.75) is 19.5 Å². The van der Waals surface area contributed by atoms with Crippen molar-refractivity contribution in [2.75, 3.05) is 13.4 Å². The molecule has 1 amide bonds. The van der Waals surface area contributed by atoms with E-state index in [1.807, 2.05) is 0 Å². The number of ether oxygens (including phenoxy) is 1. The highest BCUT2D eigenvalue weighted by atomic mass is 32.2. The minimum absolute atomic E-state index is 0.0611. The van der Waals surface area contributed by atoms with Crippen LogP contribution < -0.4 is 14.8 Å². The number of aromatic nitrogens is 1. The molecule has 0 aliphatic heterocycles. The van der Waals surface area contributed by atoms with Gasteiger partial charge in [0.05, 0.1) is 26.0 Å². The fraction of sp³-hybridized carbons (Fsp3) is 0.385. The van der Waals surface area contributed by atoms with Gasteiger partial charge in [-0.25, -0.2) is 18.1 Å². The standard InChI is InChI=1S/C13H17N3O5S/c1-8(16-22(3,18)19)13(17)14-7-12-15-10-6-9(20-2)4-5-11(10)21-12/h4-6,8,16H,7H2,1-3H3,(H,14,17). The molecule has 0 aliphatic carbocycles. The Morgan fingerprint density at radius 2 is 2.18 bits per heavy atom. The lowest BCUT2D eigenvalue weighted by Crippen LogP contribution is -2.44. The van der Waals surface area contributed by atoms with E-state index in [9.17, 15) is 13.2 Å². The smallest absolute Gasteiger partial charge is 0.238 e. The molecule has 22 heavy (non-hydrogen) atoms. The Balaban J connectivity index is 2.01. The van der Waals surface area contributed by atoms with Crippen molar-refractivity contribution < 1.29 is 22.4 Å². The number of benzene rings is 1. The number of fused-ring (bicyclic) bond motifs is 1. The summed E-state index contributed by atoms with van der Waals surface area (Å²) >= 11 is 0. The molecule has 0 aliphatic rings. The van der Waals surface area contributed by atoms with Crippen LogP contribution in [-0.4, -0.2) is 38.7 Å². The number of nitrogens with zero attached hydrogens (tertiary/aromatic N) is 1. The summed E-state index contributed by atoms with van der Waals surface area (Å²) in [6.45, 7) is 1.51. The van der Waals surface area contributed by atoms with Crippen molar-refractivity contribution >= 4 is 27.0 Å². The van der Waals surface area contributed by atoms with E-state index in [4.69, 9.17) is 9.15 Å². The summed E-state index contributed by atoms with van der Waals surface area (Å²) in [6.07, 6.45) is 0.991. The van der Waals surface area contributed by atoms with Crippen LogP contribution in [0.5, 0.6) is 5.75 Å². The van der Waals surface area contributed by atoms with E-state index in [0.29, 0.717) is 22.7 Å². The fourth-order valence-corrected chi connectivity index (χ4v) is 2.60. The normalized spacial score (nSPS) is 13.0. The highest BCUT2D eigenvalue weighted by Crippen LogP contribution is 2.21. The van der Waals surface area contributed by atoms with Gasteiger partial charge in [0.2, 0.25) is 21.8 Å². The Labute approximate surface area is 127 Å². The number of hydrogen-bond donors (Lipinski definition) is 2. The third kappa shape index (κ3) is 4.18. The molecule has 0 radical (unpaired) electrons. The van der Waals surface area contributed by atoms with Gasteiger partial charge in [0.25, 0.3) is 0 Å². The second-order valence-electron chi connectivity index (χ2n) is 4.77. The average Bonchev–Trinajstić information content (AvgIpc) is 2.84. The zero-order valence-corrected chi connectivity index (χ0v) is 13.2. The van der Waals surface area contributed by atoms with Crippen LogP contribution in [0.1, 0.15) is 12.8 Å². The second kappa shape index (κ2) is 6.32. The minimum Gasteiger partial charge on any atom is -0.497 e. The first-order valence-corrected chi connectivity index (χ1v) is 8.36. The Morgan fingerprint density at radius 3 is 2.82 bits per heavy atom. The summed E-state index contributed by atoms with van der Waals surface area (Å²) in [5.41, 5.74) is 1.19. The van der Waals surface area contributed by atoms with Crippen molar-refractivity contribution in [2.24, 2.45) is 0 Å². The molecule has 9 heteroatoms. The van der Waals surface area contributed by atoms with E-state index in [-0.39, 0.29) is 6.54 Å². The van der Waals surface area contributed by atoms with Crippen molar-refractivity contribution in [3.63, 3.8) is 0 Å². The predicted molar refractivity (Wildman–Crippen MR) is 79.8 cm³/mol. The molecular formula is C13H17N3O5S. The number of carbonyl (C=O) groups is 1. The lowest BCUT2D eigenvalue weighted by molar-refractivity contribution is -0.122. The molecule has 0 saturated carbocycles. The van der Waals surface area contributed by atoms with Crippen molar-refractivity contribution in [1.82, 2.24) is 15.0 Å². The van der Waals surface area contributed by atoms with Gasteiger partial charge in [-0.05, 0) is 19.1 Å². The number of amides is 1. The van der Waals surface area contributed by atoms with Gasteiger partial charge in [-0.15, -0.1) is 0 Å². The first kappa shape index (κ1) is 16.2. The van der Waals surface area contributed by atoms with Crippen LogP contribution in [0.15, 0.2) is 22.6 Å². The van der Waals surface area contributed by atoms with E-state index in [1.54, 1.807) is 25.3 Å². The highest BCUT2D eigenvalue weighted by molar-refractivity contribution is 7.88. The maximum Gasteiger partial charge on any atom is 0.238 e. The summed E-state index contributed by atoms with van der Waals surface area (Å²) < 4.78 is 34.9. The molecule has 0 saturated heterocycles. The zero-order valence-electron chi connectivity index (χ0n) is 12.4. The molecule has 2 aromatic rings. The third-order valence-electron chi connectivity index (χ3n) is 2.84. The van der Waals surface area contributed by atoms with Gasteiger partial charge in [0, 0.05) is 6.07 Å². The number of nitrogens with one attached hydrogen (secondary N) is 2. The van der Waals surface area contributed by atoms with E-state index < -0.39 is 22.0 Å². The fourth-order valence-electron chi connectivity index (χ4n) is 1.85. The van der Waals surface area contributed by atoms with E-state index in [0.717, 1.165) is 6.26 Å². The Kier molecular flexibility index (Phi) is 4.67. The van der Waals surface area contributed by atoms with Crippen LogP contribution in [0.4, 0.5) is 0 Å². The molecule has 1 aromatic carbocycles. The number of sulfonamides is 1. The number of rotatable bonds is 6. The molecule has 8 nitrogen and oxygen atoms in total. The third-order valence-corrected chi connectivity index (χ3v) is 3.62. The topological polar surface area (TPSA) is 111 Å². The van der Waals surface area contributed by atoms with Gasteiger partial charge in [-0.2, -0.15) is 0 Å². The maximum absolute atomic E-state index is 11.8. The summed E-state index contributed by atoms with van der Waals surface area (Å²) in [4.78, 5) is 16.0. The molecule has 0 bridgehead atoms. The van der Waals surface area contributed by atoms with Crippen LogP contribution in [0, 0.1) is 0 Å². The molecule has 2 N–H and O–H groups in total. The van der Waals surface area contributed by atoms with Gasteiger partial charge in [0.15, 0.2) is 5.58 Å². The maximum atomic E-state index is 11.8. The van der Waals surface area contributed by atoms with Crippen LogP contribution in [-0.2, 0) is 21.4 Å². The van der Waals surface area contributed by atoms with Crippen LogP contribution in [0.25, 0.3) is 11.1 Å². The lowest BCUT2D eigenvalue weighted by atomic mass is 10.3. The highest BCUT2D eigenvalue weighted by Gasteiger charge is 2.17. The average molecular weight is 327 g/mol. The van der Waals surface area contributed by atoms with Gasteiger partial charge in [-0.1, -0.05) is 0 Å². The van der Waals surface area contributed by atoms with Crippen molar-refractivity contribution in [3.8, 4) is 5.75 Å². The van der Waals surface area contributed by atoms with Crippen molar-refractivity contribution in [1.29, 1.82) is 0 Å². The Bertz CT molecular complexity index is 784. The monoisotopic (exact) mass is 327 g/mol. The van der Waals surface area contributed by atoms with Gasteiger partial charge in [-0.3, -0.25) is 4.79 Å². The zero-order chi connectivity index (χ0) is 16.3. The first-order chi connectivity index (χ1) is 10.3. The predicted octanol–water partition coefficient (Wildman–Crippen LogP) is 0.390. The van der Waals surface area contributed by atoms with E-state index in [1.165, 1.54) is 6.92 Å². The van der Waals surface area contributed by atoms with Gasteiger partial charge < -0.3 is 14.5 Å². The van der Waals surface area contributed by atoms with Gasteiger partial charge in [0.1, 0.15) is 11.3 Å². The Hall–Kier alpha value is -2.13. The van der Waals surface area contributed by atoms with E-state index >= 15 is 0 Å². The first-order valence-electron chi connectivity index (χ1n) is 6.47. The summed E-state index contributed by atoms with van der Waals surface area (Å²) in [5, 5.41) is 2.56. The summed E-state index contributed by atoms with van der Waals surface area (Å²) in [7, 11) is -1.89. The Morgan fingerprint density at radius 1 is 1.45 bits per heavy atom. The lowest BCUT2D eigenvalue weighted by Gasteiger charge is -2.11. The summed E-state index contributed by atoms with van der Waals surface area (Å²) in [5.74, 6) is 0.510. The minimum atomic E-state index is -3.44. The molecule has 1 unspecified atom stereocenters. The second-order valence-corrected chi connectivity index (χ2v) is 6.55. The van der Waals surface area contributed by atoms with Gasteiger partial charge >= 0.3 is 0 Å². The number of carbonyl (C=O) groups excluding carboxylic acids is 1.